The molecule has 0 N–H and O–H groups in total. The van der Waals surface area contributed by atoms with Gasteiger partial charge in [-0.3, -0.25) is 0 Å². The Morgan fingerprint density at radius 3 is 3.00 bits per heavy atom. The Kier molecular flexibility index (Phi) is 6.58. The Bertz CT molecular complexity index is 88.9. The smallest absolute Gasteiger partial charge is 0.120 e. The van der Waals surface area contributed by atoms with Gasteiger partial charge in [-0.2, -0.15) is 0 Å². The lowest BCUT2D eigenvalue weighted by molar-refractivity contribution is 0.150. The molecule has 0 fully saturated rings. The Labute approximate surface area is 56.2 Å². The zero-order valence-electron chi connectivity index (χ0n) is 5.84. The molecule has 0 aliphatic carbocycles. The molecule has 0 aromatic rings. The highest BCUT2D eigenvalue weighted by Crippen LogP contribution is 1.82. The molecule has 0 spiro atoms. The first-order valence-corrected chi connectivity index (χ1v) is 3.16. The van der Waals surface area contributed by atoms with Crippen molar-refractivity contribution in [3.63, 3.8) is 0 Å². The molecule has 2 heteroatoms. The van der Waals surface area contributed by atoms with Crippen LogP contribution in [0.4, 0.5) is 0 Å². The number of rotatable bonds is 5. The van der Waals surface area contributed by atoms with Crippen molar-refractivity contribution in [1.82, 2.24) is 0 Å². The fourth-order valence-corrected chi connectivity index (χ4v) is 0.316. The molecule has 0 amide bonds. The molecule has 9 heavy (non-hydrogen) atoms. The zero-order chi connectivity index (χ0) is 6.95. The third kappa shape index (κ3) is 7.21. The van der Waals surface area contributed by atoms with Gasteiger partial charge < -0.3 is 4.84 Å². The van der Waals surface area contributed by atoms with Gasteiger partial charge in [0.1, 0.15) is 6.61 Å². The Balaban J connectivity index is 2.90. The van der Waals surface area contributed by atoms with E-state index in [1.54, 1.807) is 6.21 Å². The lowest BCUT2D eigenvalue weighted by Gasteiger charge is -1.91. The summed E-state index contributed by atoms with van der Waals surface area (Å²) in [6, 6.07) is 0. The third-order valence-electron chi connectivity index (χ3n) is 0.745. The van der Waals surface area contributed by atoms with Crippen molar-refractivity contribution >= 4 is 6.21 Å². The summed E-state index contributed by atoms with van der Waals surface area (Å²) < 4.78 is 0. The first-order chi connectivity index (χ1) is 4.41. The predicted octanol–water partition coefficient (Wildman–Crippen LogP) is 1.97. The van der Waals surface area contributed by atoms with E-state index < -0.39 is 0 Å². The summed E-state index contributed by atoms with van der Waals surface area (Å²) >= 11 is 0. The number of nitrogens with zero attached hydrogens (tertiary/aromatic N) is 1. The molecule has 0 aliphatic rings. The van der Waals surface area contributed by atoms with Crippen molar-refractivity contribution < 1.29 is 4.84 Å². The van der Waals surface area contributed by atoms with Crippen LogP contribution in [0, 0.1) is 0 Å². The van der Waals surface area contributed by atoms with E-state index in [9.17, 15) is 0 Å². The fourth-order valence-electron chi connectivity index (χ4n) is 0.316. The van der Waals surface area contributed by atoms with Gasteiger partial charge in [0, 0.05) is 12.6 Å². The van der Waals surface area contributed by atoms with E-state index in [0.717, 1.165) is 12.8 Å². The maximum atomic E-state index is 4.81. The summed E-state index contributed by atoms with van der Waals surface area (Å²) in [5, 5.41) is 3.65. The van der Waals surface area contributed by atoms with Gasteiger partial charge in [0.2, 0.25) is 0 Å². The Morgan fingerprint density at radius 1 is 1.67 bits per heavy atom. The first kappa shape index (κ1) is 8.21. The number of hydrogen-bond donors (Lipinski definition) is 0. The van der Waals surface area contributed by atoms with E-state index in [4.69, 9.17) is 4.84 Å². The minimum absolute atomic E-state index is 0.639. The molecule has 0 saturated carbocycles. The molecule has 0 aliphatic heterocycles. The summed E-state index contributed by atoms with van der Waals surface area (Å²) in [4.78, 5) is 4.81. The highest BCUT2D eigenvalue weighted by molar-refractivity contribution is 5.55. The standard InChI is InChI=1S/C7H13NO/c1-3-5-7-9-8-6-4-2/h3,6H,1,4-5,7H2,2H3. The molecule has 0 radical (unpaired) electrons. The van der Waals surface area contributed by atoms with Crippen LogP contribution in [-0.2, 0) is 4.84 Å². The molecule has 0 bridgehead atoms. The highest BCUT2D eigenvalue weighted by Gasteiger charge is 1.76. The SMILES string of the molecule is C=CCCON=CCC. The second kappa shape index (κ2) is 7.21. The van der Waals surface area contributed by atoms with Gasteiger partial charge in [0.15, 0.2) is 0 Å². The molecule has 0 heterocycles. The van der Waals surface area contributed by atoms with Crippen molar-refractivity contribution in [1.29, 1.82) is 0 Å². The van der Waals surface area contributed by atoms with Crippen molar-refractivity contribution in [3.05, 3.63) is 12.7 Å². The molecule has 0 aromatic carbocycles. The molecule has 52 valence electrons. The molecular formula is C7H13NO. The van der Waals surface area contributed by atoms with Crippen LogP contribution in [0.3, 0.4) is 0 Å². The van der Waals surface area contributed by atoms with Crippen molar-refractivity contribution in [2.45, 2.75) is 19.8 Å². The Morgan fingerprint density at radius 2 is 2.44 bits per heavy atom. The topological polar surface area (TPSA) is 21.6 Å². The Hall–Kier alpha value is -0.790. The molecule has 0 saturated heterocycles. The number of hydrogen-bond acceptors (Lipinski definition) is 2. The molecule has 2 nitrogen and oxygen atoms in total. The van der Waals surface area contributed by atoms with Gasteiger partial charge in [-0.1, -0.05) is 18.2 Å². The monoisotopic (exact) mass is 127 g/mol. The molecule has 0 atom stereocenters. The summed E-state index contributed by atoms with van der Waals surface area (Å²) in [5.41, 5.74) is 0. The van der Waals surface area contributed by atoms with Crippen LogP contribution in [0.1, 0.15) is 19.8 Å². The van der Waals surface area contributed by atoms with Crippen LogP contribution >= 0.6 is 0 Å². The summed E-state index contributed by atoms with van der Waals surface area (Å²) in [6.45, 7) is 6.20. The second-order valence-corrected chi connectivity index (χ2v) is 1.61. The van der Waals surface area contributed by atoms with Gasteiger partial charge in [0.05, 0.1) is 0 Å². The number of oxime groups is 1. The van der Waals surface area contributed by atoms with Crippen LogP contribution in [0.2, 0.25) is 0 Å². The maximum absolute atomic E-state index is 4.81. The lowest BCUT2D eigenvalue weighted by atomic mass is 10.5. The van der Waals surface area contributed by atoms with Gasteiger partial charge in [-0.15, -0.1) is 6.58 Å². The van der Waals surface area contributed by atoms with Crippen molar-refractivity contribution in [2.75, 3.05) is 6.61 Å². The van der Waals surface area contributed by atoms with E-state index >= 15 is 0 Å². The quantitative estimate of drug-likeness (QED) is 0.239. The molecule has 0 rings (SSSR count). The van der Waals surface area contributed by atoms with Crippen LogP contribution in [0.25, 0.3) is 0 Å². The van der Waals surface area contributed by atoms with Crippen molar-refractivity contribution in [3.8, 4) is 0 Å². The lowest BCUT2D eigenvalue weighted by Crippen LogP contribution is -1.84. The predicted molar refractivity (Wildman–Crippen MR) is 39.5 cm³/mol. The average Bonchev–Trinajstić information content (AvgIpc) is 1.89. The van der Waals surface area contributed by atoms with E-state index in [0.29, 0.717) is 6.61 Å². The van der Waals surface area contributed by atoms with Gasteiger partial charge in [-0.25, -0.2) is 0 Å². The minimum atomic E-state index is 0.639. The summed E-state index contributed by atoms with van der Waals surface area (Å²) in [6.07, 6.45) is 5.33. The van der Waals surface area contributed by atoms with Gasteiger partial charge in [0.25, 0.3) is 0 Å². The third-order valence-corrected chi connectivity index (χ3v) is 0.745. The molecule has 0 aromatic heterocycles. The van der Waals surface area contributed by atoms with Crippen LogP contribution in [0.5, 0.6) is 0 Å². The fraction of sp³-hybridized carbons (Fsp3) is 0.571. The molecular weight excluding hydrogens is 114 g/mol. The van der Waals surface area contributed by atoms with E-state index in [2.05, 4.69) is 11.7 Å². The highest BCUT2D eigenvalue weighted by atomic mass is 16.6. The van der Waals surface area contributed by atoms with Crippen LogP contribution in [-0.4, -0.2) is 12.8 Å². The second-order valence-electron chi connectivity index (χ2n) is 1.61. The maximum Gasteiger partial charge on any atom is 0.120 e. The zero-order valence-corrected chi connectivity index (χ0v) is 5.84. The van der Waals surface area contributed by atoms with Crippen molar-refractivity contribution in [2.24, 2.45) is 5.16 Å². The van der Waals surface area contributed by atoms with E-state index in [1.165, 1.54) is 0 Å². The largest absolute Gasteiger partial charge is 0.396 e. The first-order valence-electron chi connectivity index (χ1n) is 3.16. The van der Waals surface area contributed by atoms with Gasteiger partial charge >= 0.3 is 0 Å². The minimum Gasteiger partial charge on any atom is -0.396 e. The summed E-state index contributed by atoms with van der Waals surface area (Å²) in [7, 11) is 0. The average molecular weight is 127 g/mol. The van der Waals surface area contributed by atoms with E-state index in [1.807, 2.05) is 13.0 Å². The van der Waals surface area contributed by atoms with Gasteiger partial charge in [-0.05, 0) is 6.42 Å². The van der Waals surface area contributed by atoms with Crippen LogP contribution in [0.15, 0.2) is 17.8 Å². The van der Waals surface area contributed by atoms with E-state index in [-0.39, 0.29) is 0 Å². The van der Waals surface area contributed by atoms with Crippen LogP contribution < -0.4 is 0 Å². The normalized spacial score (nSPS) is 9.89. The summed E-state index contributed by atoms with van der Waals surface area (Å²) in [5.74, 6) is 0. The molecule has 0 unspecified atom stereocenters.